The van der Waals surface area contributed by atoms with E-state index in [4.69, 9.17) is 5.11 Å². The van der Waals surface area contributed by atoms with Crippen LogP contribution in [0.15, 0.2) is 23.2 Å². The molecule has 1 aromatic rings. The quantitative estimate of drug-likeness (QED) is 0.803. The van der Waals surface area contributed by atoms with Crippen molar-refractivity contribution in [3.63, 3.8) is 0 Å². The van der Waals surface area contributed by atoms with Gasteiger partial charge in [0.15, 0.2) is 0 Å². The molecule has 78 valence electrons. The number of rotatable bonds is 2. The molecule has 0 aromatic heterocycles. The van der Waals surface area contributed by atoms with E-state index >= 15 is 0 Å². The molecule has 1 aromatic carbocycles. The van der Waals surface area contributed by atoms with Gasteiger partial charge in [-0.25, -0.2) is 4.79 Å². The standard InChI is InChI=1S/C12H13NO2/c1-3-12(2)7-13-10-8(11(14)15)5-4-6-9(10)12/h4-7H,3H2,1-2H3,(H,14,15). The summed E-state index contributed by atoms with van der Waals surface area (Å²) >= 11 is 0. The van der Waals surface area contributed by atoms with E-state index in [0.717, 1.165) is 12.0 Å². The summed E-state index contributed by atoms with van der Waals surface area (Å²) in [6, 6.07) is 5.34. The van der Waals surface area contributed by atoms with Gasteiger partial charge in [-0.15, -0.1) is 0 Å². The van der Waals surface area contributed by atoms with Crippen molar-refractivity contribution in [3.05, 3.63) is 29.3 Å². The van der Waals surface area contributed by atoms with Crippen LogP contribution in [-0.2, 0) is 5.41 Å². The number of carboxylic acids is 1. The number of fused-ring (bicyclic) bond motifs is 1. The lowest BCUT2D eigenvalue weighted by Gasteiger charge is -2.20. The zero-order chi connectivity index (χ0) is 11.1. The molecule has 1 N–H and O–H groups in total. The molecule has 0 spiro atoms. The summed E-state index contributed by atoms with van der Waals surface area (Å²) in [5.74, 6) is -0.913. The summed E-state index contributed by atoms with van der Waals surface area (Å²) in [5.41, 5.74) is 1.82. The first kappa shape index (κ1) is 9.90. The zero-order valence-electron chi connectivity index (χ0n) is 8.82. The van der Waals surface area contributed by atoms with Gasteiger partial charge in [-0.05, 0) is 18.1 Å². The minimum Gasteiger partial charge on any atom is -0.478 e. The Hall–Kier alpha value is -1.64. The number of benzene rings is 1. The minimum atomic E-state index is -0.913. The maximum Gasteiger partial charge on any atom is 0.337 e. The Kier molecular flexibility index (Phi) is 2.11. The normalized spacial score (nSPS) is 22.8. The molecule has 0 saturated heterocycles. The first-order chi connectivity index (χ1) is 7.08. The van der Waals surface area contributed by atoms with Crippen molar-refractivity contribution in [1.82, 2.24) is 0 Å². The van der Waals surface area contributed by atoms with Gasteiger partial charge in [0, 0.05) is 11.6 Å². The highest BCUT2D eigenvalue weighted by atomic mass is 16.4. The number of aromatic carboxylic acids is 1. The summed E-state index contributed by atoms with van der Waals surface area (Å²) in [6.45, 7) is 4.16. The van der Waals surface area contributed by atoms with Crippen molar-refractivity contribution >= 4 is 17.9 Å². The SMILES string of the molecule is CCC1(C)C=Nc2c(C(=O)O)cccc21. The fourth-order valence-electron chi connectivity index (χ4n) is 1.87. The van der Waals surface area contributed by atoms with Crippen molar-refractivity contribution in [2.45, 2.75) is 25.7 Å². The van der Waals surface area contributed by atoms with Gasteiger partial charge < -0.3 is 5.11 Å². The lowest BCUT2D eigenvalue weighted by atomic mass is 9.82. The number of carboxylic acid groups (broad SMARTS) is 1. The summed E-state index contributed by atoms with van der Waals surface area (Å²) in [7, 11) is 0. The molecule has 1 aliphatic heterocycles. The van der Waals surface area contributed by atoms with Crippen LogP contribution in [0.3, 0.4) is 0 Å². The van der Waals surface area contributed by atoms with E-state index in [1.165, 1.54) is 0 Å². The Labute approximate surface area is 88.5 Å². The molecule has 15 heavy (non-hydrogen) atoms. The van der Waals surface area contributed by atoms with Crippen molar-refractivity contribution < 1.29 is 9.90 Å². The van der Waals surface area contributed by atoms with Crippen LogP contribution in [0.5, 0.6) is 0 Å². The van der Waals surface area contributed by atoms with Gasteiger partial charge in [-0.1, -0.05) is 26.0 Å². The van der Waals surface area contributed by atoms with E-state index < -0.39 is 5.97 Å². The molecule has 2 rings (SSSR count). The second-order valence-corrected chi connectivity index (χ2v) is 4.04. The minimum absolute atomic E-state index is 0.110. The van der Waals surface area contributed by atoms with Gasteiger partial charge in [-0.3, -0.25) is 4.99 Å². The van der Waals surface area contributed by atoms with Crippen molar-refractivity contribution in [1.29, 1.82) is 0 Å². The third-order valence-electron chi connectivity index (χ3n) is 3.09. The molecule has 3 heteroatoms. The Balaban J connectivity index is 2.63. The summed E-state index contributed by atoms with van der Waals surface area (Å²) in [6.07, 6.45) is 2.77. The number of aliphatic imine (C=N–C) groups is 1. The molecule has 1 heterocycles. The second kappa shape index (κ2) is 3.19. The molecule has 1 unspecified atom stereocenters. The first-order valence-electron chi connectivity index (χ1n) is 5.00. The Morgan fingerprint density at radius 1 is 1.53 bits per heavy atom. The Bertz CT molecular complexity index is 451. The number of carbonyl (C=O) groups is 1. The topological polar surface area (TPSA) is 49.7 Å². The van der Waals surface area contributed by atoms with Crippen LogP contribution >= 0.6 is 0 Å². The van der Waals surface area contributed by atoms with Crippen molar-refractivity contribution in [3.8, 4) is 0 Å². The first-order valence-corrected chi connectivity index (χ1v) is 5.00. The average Bonchev–Trinajstić information content (AvgIpc) is 2.57. The maximum atomic E-state index is 11.0. The summed E-state index contributed by atoms with van der Waals surface area (Å²) in [4.78, 5) is 15.2. The van der Waals surface area contributed by atoms with Crippen molar-refractivity contribution in [2.24, 2.45) is 4.99 Å². The maximum absolute atomic E-state index is 11.0. The van der Waals surface area contributed by atoms with Gasteiger partial charge in [0.05, 0.1) is 11.3 Å². The molecular weight excluding hydrogens is 190 g/mol. The van der Waals surface area contributed by atoms with E-state index in [2.05, 4.69) is 18.8 Å². The highest BCUT2D eigenvalue weighted by Crippen LogP contribution is 2.40. The molecule has 0 amide bonds. The number of para-hydroxylation sites is 1. The van der Waals surface area contributed by atoms with Gasteiger partial charge in [0.2, 0.25) is 0 Å². The highest BCUT2D eigenvalue weighted by Gasteiger charge is 2.31. The molecule has 0 radical (unpaired) electrons. The van der Waals surface area contributed by atoms with Crippen LogP contribution in [0.25, 0.3) is 0 Å². The third kappa shape index (κ3) is 1.35. The van der Waals surface area contributed by atoms with Crippen LogP contribution in [0.4, 0.5) is 5.69 Å². The molecule has 3 nitrogen and oxygen atoms in total. The van der Waals surface area contributed by atoms with Crippen LogP contribution < -0.4 is 0 Å². The van der Waals surface area contributed by atoms with E-state index in [0.29, 0.717) is 11.3 Å². The third-order valence-corrected chi connectivity index (χ3v) is 3.09. The Morgan fingerprint density at radius 3 is 2.87 bits per heavy atom. The predicted octanol–water partition coefficient (Wildman–Crippen LogP) is 2.77. The summed E-state index contributed by atoms with van der Waals surface area (Å²) < 4.78 is 0. The second-order valence-electron chi connectivity index (χ2n) is 4.04. The van der Waals surface area contributed by atoms with E-state index in [-0.39, 0.29) is 5.41 Å². The fraction of sp³-hybridized carbons (Fsp3) is 0.333. The lowest BCUT2D eigenvalue weighted by molar-refractivity contribution is 0.0698. The van der Waals surface area contributed by atoms with Crippen LogP contribution in [0, 0.1) is 0 Å². The predicted molar refractivity (Wildman–Crippen MR) is 59.2 cm³/mol. The number of hydrogen-bond donors (Lipinski definition) is 1. The number of nitrogens with zero attached hydrogens (tertiary/aromatic N) is 1. The fourth-order valence-corrected chi connectivity index (χ4v) is 1.87. The van der Waals surface area contributed by atoms with Crippen LogP contribution in [0.2, 0.25) is 0 Å². The van der Waals surface area contributed by atoms with Crippen molar-refractivity contribution in [2.75, 3.05) is 0 Å². The van der Waals surface area contributed by atoms with Gasteiger partial charge in [0.1, 0.15) is 0 Å². The molecule has 0 saturated carbocycles. The molecule has 0 bridgehead atoms. The van der Waals surface area contributed by atoms with E-state index in [1.807, 2.05) is 12.3 Å². The Morgan fingerprint density at radius 2 is 2.27 bits per heavy atom. The smallest absolute Gasteiger partial charge is 0.337 e. The van der Waals surface area contributed by atoms with Crippen LogP contribution in [0.1, 0.15) is 36.2 Å². The molecule has 0 fully saturated rings. The average molecular weight is 203 g/mol. The number of hydrogen-bond acceptors (Lipinski definition) is 2. The zero-order valence-corrected chi connectivity index (χ0v) is 8.82. The lowest BCUT2D eigenvalue weighted by Crippen LogP contribution is -2.19. The van der Waals surface area contributed by atoms with Gasteiger partial charge in [0.25, 0.3) is 0 Å². The van der Waals surface area contributed by atoms with E-state index in [9.17, 15) is 4.79 Å². The highest BCUT2D eigenvalue weighted by molar-refractivity contribution is 5.98. The van der Waals surface area contributed by atoms with E-state index in [1.54, 1.807) is 12.1 Å². The van der Waals surface area contributed by atoms with Gasteiger partial charge in [-0.2, -0.15) is 0 Å². The van der Waals surface area contributed by atoms with Crippen LogP contribution in [-0.4, -0.2) is 17.3 Å². The molecule has 1 aliphatic rings. The monoisotopic (exact) mass is 203 g/mol. The molecular formula is C12H13NO2. The summed E-state index contributed by atoms with van der Waals surface area (Å²) in [5, 5.41) is 9.02. The van der Waals surface area contributed by atoms with Gasteiger partial charge >= 0.3 is 5.97 Å². The molecule has 0 aliphatic carbocycles. The molecule has 1 atom stereocenters. The largest absolute Gasteiger partial charge is 0.478 e.